The SMILES string of the molecule is NNc1ncccc1S(=O)(=O)N1CCCC2CCCC21. The first kappa shape index (κ1) is 13.8. The van der Waals surface area contributed by atoms with Crippen molar-refractivity contribution in [3.63, 3.8) is 0 Å². The molecule has 1 aromatic rings. The summed E-state index contributed by atoms with van der Waals surface area (Å²) < 4.78 is 27.5. The van der Waals surface area contributed by atoms with Gasteiger partial charge in [-0.25, -0.2) is 19.2 Å². The maximum absolute atomic E-state index is 12.9. The minimum atomic E-state index is -3.53. The zero-order valence-electron chi connectivity index (χ0n) is 11.3. The number of hydrogen-bond acceptors (Lipinski definition) is 5. The average Bonchev–Trinajstić information content (AvgIpc) is 2.95. The van der Waals surface area contributed by atoms with Gasteiger partial charge in [0.25, 0.3) is 0 Å². The number of pyridine rings is 1. The molecular formula is C13H20N4O2S. The maximum Gasteiger partial charge on any atom is 0.247 e. The summed E-state index contributed by atoms with van der Waals surface area (Å²) in [5.41, 5.74) is 2.38. The highest BCUT2D eigenvalue weighted by molar-refractivity contribution is 7.89. The summed E-state index contributed by atoms with van der Waals surface area (Å²) >= 11 is 0. The lowest BCUT2D eigenvalue weighted by Gasteiger charge is -2.36. The molecule has 0 aromatic carbocycles. The van der Waals surface area contributed by atoms with Gasteiger partial charge in [0, 0.05) is 18.8 Å². The molecule has 2 fully saturated rings. The smallest absolute Gasteiger partial charge is 0.247 e. The summed E-state index contributed by atoms with van der Waals surface area (Å²) in [7, 11) is -3.53. The Bertz CT molecular complexity index is 590. The Morgan fingerprint density at radius 2 is 2.10 bits per heavy atom. The number of sulfonamides is 1. The summed E-state index contributed by atoms with van der Waals surface area (Å²) in [4.78, 5) is 4.18. The number of nitrogens with two attached hydrogens (primary N) is 1. The van der Waals surface area contributed by atoms with E-state index in [0.29, 0.717) is 12.5 Å². The molecule has 2 aliphatic rings. The molecule has 1 aliphatic carbocycles. The van der Waals surface area contributed by atoms with Crippen LogP contribution in [0.15, 0.2) is 23.2 Å². The van der Waals surface area contributed by atoms with Gasteiger partial charge in [-0.05, 0) is 43.7 Å². The van der Waals surface area contributed by atoms with Gasteiger partial charge in [-0.2, -0.15) is 4.31 Å². The fourth-order valence-electron chi connectivity index (χ4n) is 3.54. The third-order valence-corrected chi connectivity index (χ3v) is 6.39. The second-order valence-corrected chi connectivity index (χ2v) is 7.37. The minimum Gasteiger partial charge on any atom is -0.307 e. The van der Waals surface area contributed by atoms with E-state index in [4.69, 9.17) is 5.84 Å². The van der Waals surface area contributed by atoms with Crippen molar-refractivity contribution in [3.05, 3.63) is 18.3 Å². The zero-order chi connectivity index (χ0) is 14.2. The van der Waals surface area contributed by atoms with Gasteiger partial charge >= 0.3 is 0 Å². The van der Waals surface area contributed by atoms with E-state index in [1.54, 1.807) is 16.4 Å². The number of hydrazine groups is 1. The Labute approximate surface area is 119 Å². The molecule has 0 amide bonds. The van der Waals surface area contributed by atoms with Crippen LogP contribution < -0.4 is 11.3 Å². The van der Waals surface area contributed by atoms with Gasteiger partial charge in [-0.15, -0.1) is 0 Å². The van der Waals surface area contributed by atoms with E-state index >= 15 is 0 Å². The van der Waals surface area contributed by atoms with Gasteiger partial charge in [0.2, 0.25) is 10.0 Å². The molecule has 1 aromatic heterocycles. The first-order valence-electron chi connectivity index (χ1n) is 7.08. The second-order valence-electron chi connectivity index (χ2n) is 5.51. The summed E-state index contributed by atoms with van der Waals surface area (Å²) in [6, 6.07) is 3.35. The highest BCUT2D eigenvalue weighted by atomic mass is 32.2. The number of anilines is 1. The Hall–Kier alpha value is -1.18. The van der Waals surface area contributed by atoms with E-state index in [1.807, 2.05) is 0 Å². The van der Waals surface area contributed by atoms with Gasteiger partial charge in [0.1, 0.15) is 4.90 Å². The standard InChI is InChI=1S/C13H20N4O2S/c14-16-13-12(7-2-8-15-13)20(18,19)17-9-3-5-10-4-1-6-11(10)17/h2,7-8,10-11H,1,3-6,9,14H2,(H,15,16). The number of nitrogen functional groups attached to an aromatic ring is 1. The largest absolute Gasteiger partial charge is 0.307 e. The van der Waals surface area contributed by atoms with E-state index in [9.17, 15) is 8.42 Å². The molecular weight excluding hydrogens is 276 g/mol. The number of hydrogen-bond donors (Lipinski definition) is 2. The Morgan fingerprint density at radius 1 is 1.30 bits per heavy atom. The van der Waals surface area contributed by atoms with Gasteiger partial charge in [0.15, 0.2) is 5.82 Å². The van der Waals surface area contributed by atoms with Crippen molar-refractivity contribution in [1.29, 1.82) is 0 Å². The van der Waals surface area contributed by atoms with Crippen LogP contribution in [-0.4, -0.2) is 30.3 Å². The molecule has 2 heterocycles. The van der Waals surface area contributed by atoms with Crippen LogP contribution in [0.2, 0.25) is 0 Å². The topological polar surface area (TPSA) is 88.3 Å². The van der Waals surface area contributed by atoms with Crippen molar-refractivity contribution in [3.8, 4) is 0 Å². The number of aromatic nitrogens is 1. The first-order valence-corrected chi connectivity index (χ1v) is 8.52. The average molecular weight is 296 g/mol. The Balaban J connectivity index is 1.98. The molecule has 0 bridgehead atoms. The Kier molecular flexibility index (Phi) is 3.66. The molecule has 3 N–H and O–H groups in total. The molecule has 0 spiro atoms. The van der Waals surface area contributed by atoms with E-state index in [2.05, 4.69) is 10.4 Å². The molecule has 110 valence electrons. The van der Waals surface area contributed by atoms with Crippen LogP contribution in [0.5, 0.6) is 0 Å². The highest BCUT2D eigenvalue weighted by Gasteiger charge is 2.42. The van der Waals surface area contributed by atoms with Crippen molar-refractivity contribution in [2.45, 2.75) is 43.0 Å². The predicted molar refractivity (Wildman–Crippen MR) is 76.3 cm³/mol. The van der Waals surface area contributed by atoms with Gasteiger partial charge in [0.05, 0.1) is 0 Å². The van der Waals surface area contributed by atoms with Crippen LogP contribution in [0, 0.1) is 5.92 Å². The molecule has 0 radical (unpaired) electrons. The number of nitrogens with one attached hydrogen (secondary N) is 1. The van der Waals surface area contributed by atoms with Gasteiger partial charge in [-0.3, -0.25) is 0 Å². The molecule has 2 unspecified atom stereocenters. The lowest BCUT2D eigenvalue weighted by molar-refractivity contribution is 0.202. The van der Waals surface area contributed by atoms with Crippen molar-refractivity contribution < 1.29 is 8.42 Å². The van der Waals surface area contributed by atoms with Crippen LogP contribution in [0.25, 0.3) is 0 Å². The van der Waals surface area contributed by atoms with Gasteiger partial charge < -0.3 is 5.43 Å². The number of rotatable bonds is 3. The van der Waals surface area contributed by atoms with E-state index in [0.717, 1.165) is 32.1 Å². The van der Waals surface area contributed by atoms with Crippen LogP contribution in [0.4, 0.5) is 5.82 Å². The summed E-state index contributed by atoms with van der Waals surface area (Å²) in [6.07, 6.45) is 6.85. The van der Waals surface area contributed by atoms with Crippen molar-refractivity contribution in [2.24, 2.45) is 11.8 Å². The molecule has 6 nitrogen and oxygen atoms in total. The zero-order valence-corrected chi connectivity index (χ0v) is 12.1. The summed E-state index contributed by atoms with van der Waals surface area (Å²) in [5.74, 6) is 6.12. The molecule has 1 saturated heterocycles. The minimum absolute atomic E-state index is 0.152. The maximum atomic E-state index is 12.9. The number of piperidine rings is 1. The van der Waals surface area contributed by atoms with Crippen LogP contribution in [0.3, 0.4) is 0 Å². The molecule has 1 aliphatic heterocycles. The van der Waals surface area contributed by atoms with Gasteiger partial charge in [-0.1, -0.05) is 6.42 Å². The fraction of sp³-hybridized carbons (Fsp3) is 0.615. The third-order valence-electron chi connectivity index (χ3n) is 4.44. The van der Waals surface area contributed by atoms with Crippen molar-refractivity contribution in [2.75, 3.05) is 12.0 Å². The monoisotopic (exact) mass is 296 g/mol. The molecule has 1 saturated carbocycles. The van der Waals surface area contributed by atoms with Crippen LogP contribution in [-0.2, 0) is 10.0 Å². The lowest BCUT2D eigenvalue weighted by Crippen LogP contribution is -2.46. The highest BCUT2D eigenvalue weighted by Crippen LogP contribution is 2.39. The summed E-state index contributed by atoms with van der Waals surface area (Å²) in [6.45, 7) is 0.600. The van der Waals surface area contributed by atoms with Crippen LogP contribution >= 0.6 is 0 Å². The lowest BCUT2D eigenvalue weighted by atomic mass is 9.94. The molecule has 2 atom stereocenters. The quantitative estimate of drug-likeness (QED) is 0.649. The molecule has 7 heteroatoms. The van der Waals surface area contributed by atoms with Crippen molar-refractivity contribution in [1.82, 2.24) is 9.29 Å². The normalized spacial score (nSPS) is 27.2. The second kappa shape index (κ2) is 5.31. The number of fused-ring (bicyclic) bond motifs is 1. The molecule has 3 rings (SSSR count). The summed E-state index contributed by atoms with van der Waals surface area (Å²) in [5, 5.41) is 0. The Morgan fingerprint density at radius 3 is 2.90 bits per heavy atom. The van der Waals surface area contributed by atoms with E-state index in [1.165, 1.54) is 6.20 Å². The van der Waals surface area contributed by atoms with Crippen LogP contribution in [0.1, 0.15) is 32.1 Å². The van der Waals surface area contributed by atoms with E-state index < -0.39 is 10.0 Å². The first-order chi connectivity index (χ1) is 9.64. The van der Waals surface area contributed by atoms with Crippen molar-refractivity contribution >= 4 is 15.8 Å². The molecule has 20 heavy (non-hydrogen) atoms. The number of nitrogens with zero attached hydrogens (tertiary/aromatic N) is 2. The predicted octanol–water partition coefficient (Wildman–Crippen LogP) is 1.32. The fourth-order valence-corrected chi connectivity index (χ4v) is 5.40. The van der Waals surface area contributed by atoms with E-state index in [-0.39, 0.29) is 16.8 Å². The third kappa shape index (κ3) is 2.19.